The van der Waals surface area contributed by atoms with Crippen molar-refractivity contribution >= 4 is 11.6 Å². The van der Waals surface area contributed by atoms with Crippen LogP contribution in [0.3, 0.4) is 0 Å². The van der Waals surface area contributed by atoms with Gasteiger partial charge in [-0.1, -0.05) is 32.1 Å². The quantitative estimate of drug-likeness (QED) is 0.810. The first-order valence-electron chi connectivity index (χ1n) is 7.06. The average molecular weight is 273 g/mol. The Kier molecular flexibility index (Phi) is 6.83. The van der Waals surface area contributed by atoms with Crippen molar-refractivity contribution in [2.24, 2.45) is 5.92 Å². The molecule has 108 valence electrons. The highest BCUT2D eigenvalue weighted by molar-refractivity contribution is 5.91. The molecule has 0 radical (unpaired) electrons. The van der Waals surface area contributed by atoms with E-state index in [0.29, 0.717) is 18.8 Å². The van der Waals surface area contributed by atoms with Crippen LogP contribution >= 0.6 is 0 Å². The molecule has 0 aliphatic carbocycles. The lowest BCUT2D eigenvalue weighted by Crippen LogP contribution is -2.14. The number of carbonyl (C=O) groups excluding carboxylic acids is 1. The van der Waals surface area contributed by atoms with Crippen LogP contribution in [0.1, 0.15) is 44.2 Å². The van der Waals surface area contributed by atoms with E-state index in [1.165, 1.54) is 0 Å². The number of hydrogen-bond donors (Lipinski definition) is 2. The predicted molar refractivity (Wildman–Crippen MR) is 82.5 cm³/mol. The number of carbonyl (C=O) groups is 1. The molecule has 1 rings (SSSR count). The van der Waals surface area contributed by atoms with Crippen LogP contribution in [0.15, 0.2) is 18.2 Å². The standard InChI is InChI=1S/C17H23NO2/c1-4-13(2)11-17(20)18-16-10-14(3)9-15(12-16)7-5-6-8-19/h9-10,12-13,19H,4,6,8,11H2,1-3H3,(H,18,20). The van der Waals surface area contributed by atoms with Crippen molar-refractivity contribution in [3.8, 4) is 11.8 Å². The van der Waals surface area contributed by atoms with E-state index in [0.717, 1.165) is 23.2 Å². The first-order chi connectivity index (χ1) is 9.55. The SMILES string of the molecule is CCC(C)CC(=O)Nc1cc(C)cc(C#CCCO)c1. The number of anilines is 1. The lowest BCUT2D eigenvalue weighted by molar-refractivity contribution is -0.117. The third kappa shape index (κ3) is 5.90. The monoisotopic (exact) mass is 273 g/mol. The van der Waals surface area contributed by atoms with E-state index in [4.69, 9.17) is 5.11 Å². The molecule has 1 unspecified atom stereocenters. The lowest BCUT2D eigenvalue weighted by Gasteiger charge is -2.10. The number of amides is 1. The molecule has 0 bridgehead atoms. The number of aryl methyl sites for hydroxylation is 1. The van der Waals surface area contributed by atoms with Crippen molar-refractivity contribution in [2.45, 2.75) is 40.0 Å². The molecule has 0 saturated carbocycles. The van der Waals surface area contributed by atoms with E-state index < -0.39 is 0 Å². The van der Waals surface area contributed by atoms with Crippen LogP contribution in [-0.2, 0) is 4.79 Å². The molecule has 1 amide bonds. The van der Waals surface area contributed by atoms with Crippen LogP contribution in [-0.4, -0.2) is 17.6 Å². The molecular weight excluding hydrogens is 250 g/mol. The summed E-state index contributed by atoms with van der Waals surface area (Å²) in [5.41, 5.74) is 2.70. The second-order valence-corrected chi connectivity index (χ2v) is 5.13. The summed E-state index contributed by atoms with van der Waals surface area (Å²) in [6.45, 7) is 6.19. The highest BCUT2D eigenvalue weighted by Crippen LogP contribution is 2.15. The van der Waals surface area contributed by atoms with E-state index in [1.807, 2.05) is 25.1 Å². The van der Waals surface area contributed by atoms with Crippen molar-refractivity contribution in [3.63, 3.8) is 0 Å². The van der Waals surface area contributed by atoms with E-state index in [1.54, 1.807) is 0 Å². The molecule has 1 aromatic carbocycles. The fourth-order valence-electron chi connectivity index (χ4n) is 1.82. The first kappa shape index (κ1) is 16.3. The Balaban J connectivity index is 2.76. The van der Waals surface area contributed by atoms with Gasteiger partial charge in [-0.2, -0.15) is 0 Å². The molecule has 0 spiro atoms. The third-order valence-corrected chi connectivity index (χ3v) is 3.06. The van der Waals surface area contributed by atoms with Gasteiger partial charge < -0.3 is 10.4 Å². The van der Waals surface area contributed by atoms with Crippen molar-refractivity contribution in [3.05, 3.63) is 29.3 Å². The summed E-state index contributed by atoms with van der Waals surface area (Å²) < 4.78 is 0. The Morgan fingerprint density at radius 1 is 1.40 bits per heavy atom. The number of benzene rings is 1. The third-order valence-electron chi connectivity index (χ3n) is 3.06. The molecule has 0 aliphatic rings. The van der Waals surface area contributed by atoms with Crippen molar-refractivity contribution in [1.82, 2.24) is 0 Å². The minimum atomic E-state index is 0.0409. The summed E-state index contributed by atoms with van der Waals surface area (Å²) in [5.74, 6) is 6.31. The maximum absolute atomic E-state index is 11.9. The van der Waals surface area contributed by atoms with E-state index in [-0.39, 0.29) is 12.5 Å². The van der Waals surface area contributed by atoms with Gasteiger partial charge in [0, 0.05) is 24.1 Å². The molecule has 20 heavy (non-hydrogen) atoms. The highest BCUT2D eigenvalue weighted by atomic mass is 16.2. The molecule has 0 fully saturated rings. The minimum absolute atomic E-state index is 0.0409. The van der Waals surface area contributed by atoms with Gasteiger partial charge in [0.05, 0.1) is 6.61 Å². The van der Waals surface area contributed by atoms with Gasteiger partial charge in [-0.15, -0.1) is 0 Å². The summed E-state index contributed by atoms with van der Waals surface area (Å²) in [6.07, 6.45) is 2.00. The molecule has 2 N–H and O–H groups in total. The van der Waals surface area contributed by atoms with Gasteiger partial charge >= 0.3 is 0 Å². The maximum Gasteiger partial charge on any atom is 0.224 e. The van der Waals surface area contributed by atoms with Crippen LogP contribution in [0.2, 0.25) is 0 Å². The van der Waals surface area contributed by atoms with Gasteiger partial charge in [-0.25, -0.2) is 0 Å². The molecule has 0 aromatic heterocycles. The van der Waals surface area contributed by atoms with Gasteiger partial charge in [-0.05, 0) is 36.6 Å². The van der Waals surface area contributed by atoms with Gasteiger partial charge in [0.15, 0.2) is 0 Å². The topological polar surface area (TPSA) is 49.3 Å². The Morgan fingerprint density at radius 2 is 2.15 bits per heavy atom. The number of aliphatic hydroxyl groups excluding tert-OH is 1. The normalized spacial score (nSPS) is 11.4. The smallest absolute Gasteiger partial charge is 0.224 e. The van der Waals surface area contributed by atoms with E-state index >= 15 is 0 Å². The summed E-state index contributed by atoms with van der Waals surface area (Å²) in [4.78, 5) is 11.9. The zero-order valence-corrected chi connectivity index (χ0v) is 12.5. The lowest BCUT2D eigenvalue weighted by atomic mass is 10.0. The Bertz CT molecular complexity index is 511. The van der Waals surface area contributed by atoms with E-state index in [2.05, 4.69) is 31.0 Å². The molecular formula is C17H23NO2. The van der Waals surface area contributed by atoms with Crippen LogP contribution in [0, 0.1) is 24.7 Å². The number of aliphatic hydroxyl groups is 1. The summed E-state index contributed by atoms with van der Waals surface area (Å²) >= 11 is 0. The zero-order chi connectivity index (χ0) is 15.0. The molecule has 3 heteroatoms. The maximum atomic E-state index is 11.9. The van der Waals surface area contributed by atoms with Crippen molar-refractivity contribution in [1.29, 1.82) is 0 Å². The fraction of sp³-hybridized carbons (Fsp3) is 0.471. The second kappa shape index (κ2) is 8.39. The number of hydrogen-bond acceptors (Lipinski definition) is 2. The molecule has 1 aromatic rings. The molecule has 1 atom stereocenters. The predicted octanol–water partition coefficient (Wildman–Crippen LogP) is 3.10. The van der Waals surface area contributed by atoms with Gasteiger partial charge in [0.25, 0.3) is 0 Å². The Morgan fingerprint density at radius 3 is 2.80 bits per heavy atom. The summed E-state index contributed by atoms with van der Waals surface area (Å²) in [7, 11) is 0. The van der Waals surface area contributed by atoms with E-state index in [9.17, 15) is 4.79 Å². The van der Waals surface area contributed by atoms with Gasteiger partial charge in [-0.3, -0.25) is 4.79 Å². The highest BCUT2D eigenvalue weighted by Gasteiger charge is 2.08. The Hall–Kier alpha value is -1.79. The van der Waals surface area contributed by atoms with Crippen LogP contribution in [0.4, 0.5) is 5.69 Å². The molecule has 3 nitrogen and oxygen atoms in total. The number of nitrogens with one attached hydrogen (secondary N) is 1. The molecule has 0 aliphatic heterocycles. The summed E-state index contributed by atoms with van der Waals surface area (Å²) in [6, 6.07) is 5.77. The van der Waals surface area contributed by atoms with Crippen molar-refractivity contribution in [2.75, 3.05) is 11.9 Å². The largest absolute Gasteiger partial charge is 0.395 e. The van der Waals surface area contributed by atoms with Gasteiger partial charge in [0.1, 0.15) is 0 Å². The van der Waals surface area contributed by atoms with Crippen LogP contribution in [0.5, 0.6) is 0 Å². The van der Waals surface area contributed by atoms with Crippen molar-refractivity contribution < 1.29 is 9.90 Å². The fourth-order valence-corrected chi connectivity index (χ4v) is 1.82. The second-order valence-electron chi connectivity index (χ2n) is 5.13. The zero-order valence-electron chi connectivity index (χ0n) is 12.5. The van der Waals surface area contributed by atoms with Gasteiger partial charge in [0.2, 0.25) is 5.91 Å². The Labute approximate surface area is 121 Å². The number of rotatable bonds is 5. The average Bonchev–Trinajstić information content (AvgIpc) is 2.38. The first-order valence-corrected chi connectivity index (χ1v) is 7.06. The minimum Gasteiger partial charge on any atom is -0.395 e. The van der Waals surface area contributed by atoms with Crippen LogP contribution in [0.25, 0.3) is 0 Å². The molecule has 0 saturated heterocycles. The summed E-state index contributed by atoms with van der Waals surface area (Å²) in [5, 5.41) is 11.6. The molecule has 0 heterocycles. The van der Waals surface area contributed by atoms with Crippen LogP contribution < -0.4 is 5.32 Å².